The summed E-state index contributed by atoms with van der Waals surface area (Å²) in [6, 6.07) is 6.04. The Balaban J connectivity index is 2.22. The number of benzene rings is 1. The average molecular weight is 298 g/mol. The predicted octanol–water partition coefficient (Wildman–Crippen LogP) is 3.21. The van der Waals surface area contributed by atoms with Crippen molar-refractivity contribution in [3.63, 3.8) is 0 Å². The van der Waals surface area contributed by atoms with E-state index >= 15 is 0 Å². The Hall–Kier alpha value is -1.69. The quantitative estimate of drug-likeness (QED) is 0.945. The largest absolute Gasteiger partial charge is 0.439 e. The monoisotopic (exact) mass is 297 g/mol. The number of hydrogen-bond acceptors (Lipinski definition) is 4. The fourth-order valence-corrected chi connectivity index (χ4v) is 1.55. The van der Waals surface area contributed by atoms with Crippen molar-refractivity contribution in [1.29, 1.82) is 0 Å². The van der Waals surface area contributed by atoms with Crippen LogP contribution in [0.2, 0.25) is 0 Å². The lowest BCUT2D eigenvalue weighted by atomic mass is 10.3. The van der Waals surface area contributed by atoms with E-state index in [1.54, 1.807) is 13.1 Å². The van der Waals surface area contributed by atoms with Crippen molar-refractivity contribution in [2.24, 2.45) is 0 Å². The Morgan fingerprint density at radius 1 is 1.29 bits per heavy atom. The molecule has 1 heterocycles. The summed E-state index contributed by atoms with van der Waals surface area (Å²) in [5.41, 5.74) is 0. The van der Waals surface area contributed by atoms with Gasteiger partial charge in [0.1, 0.15) is 23.7 Å². The molecule has 6 heteroatoms. The zero-order chi connectivity index (χ0) is 12.3. The number of halogens is 2. The Kier molecular flexibility index (Phi) is 3.53. The molecule has 1 N–H and O–H groups in total. The lowest BCUT2D eigenvalue weighted by Crippen LogP contribution is -1.95. The molecular weight excluding hydrogens is 289 g/mol. The van der Waals surface area contributed by atoms with Crippen LogP contribution in [0, 0.1) is 5.82 Å². The fraction of sp³-hybridized carbons (Fsp3) is 0.0909. The van der Waals surface area contributed by atoms with Gasteiger partial charge in [0.15, 0.2) is 0 Å². The Labute approximate surface area is 106 Å². The predicted molar refractivity (Wildman–Crippen MR) is 65.8 cm³/mol. The standard InChI is InChI=1S/C11H9BrFN3O/c1-14-10-5-11(16-6-15-10)17-7-2-3-9(13)8(12)4-7/h2-6H,1H3,(H,14,15,16). The number of anilines is 1. The van der Waals surface area contributed by atoms with E-state index in [2.05, 4.69) is 31.2 Å². The second kappa shape index (κ2) is 5.09. The summed E-state index contributed by atoms with van der Waals surface area (Å²) in [6.07, 6.45) is 1.39. The minimum absolute atomic E-state index is 0.337. The topological polar surface area (TPSA) is 47.0 Å². The van der Waals surface area contributed by atoms with Gasteiger partial charge in [-0.2, -0.15) is 0 Å². The van der Waals surface area contributed by atoms with Gasteiger partial charge in [-0.05, 0) is 34.1 Å². The van der Waals surface area contributed by atoms with Crippen molar-refractivity contribution in [3.05, 3.63) is 40.9 Å². The SMILES string of the molecule is CNc1cc(Oc2ccc(F)c(Br)c2)ncn1. The molecular formula is C11H9BrFN3O. The zero-order valence-corrected chi connectivity index (χ0v) is 10.5. The van der Waals surface area contributed by atoms with E-state index in [4.69, 9.17) is 4.74 Å². The van der Waals surface area contributed by atoms with E-state index in [-0.39, 0.29) is 5.82 Å². The first-order valence-corrected chi connectivity index (χ1v) is 5.61. The van der Waals surface area contributed by atoms with Gasteiger partial charge >= 0.3 is 0 Å². The Morgan fingerprint density at radius 2 is 2.12 bits per heavy atom. The molecule has 0 saturated heterocycles. The second-order valence-electron chi connectivity index (χ2n) is 3.17. The summed E-state index contributed by atoms with van der Waals surface area (Å²) in [7, 11) is 1.75. The van der Waals surface area contributed by atoms with Crippen molar-refractivity contribution in [2.75, 3.05) is 12.4 Å². The molecule has 0 atom stereocenters. The highest BCUT2D eigenvalue weighted by Crippen LogP contribution is 2.25. The van der Waals surface area contributed by atoms with E-state index < -0.39 is 0 Å². The maximum atomic E-state index is 13.0. The molecule has 4 nitrogen and oxygen atoms in total. The van der Waals surface area contributed by atoms with Gasteiger partial charge < -0.3 is 10.1 Å². The summed E-state index contributed by atoms with van der Waals surface area (Å²) in [5.74, 6) is 1.20. The molecule has 0 radical (unpaired) electrons. The van der Waals surface area contributed by atoms with Crippen molar-refractivity contribution in [1.82, 2.24) is 9.97 Å². The number of ether oxygens (including phenoxy) is 1. The number of aromatic nitrogens is 2. The molecule has 0 saturated carbocycles. The van der Waals surface area contributed by atoms with E-state index in [0.717, 1.165) is 0 Å². The molecule has 0 unspecified atom stereocenters. The summed E-state index contributed by atoms with van der Waals surface area (Å²) >= 11 is 3.09. The van der Waals surface area contributed by atoms with E-state index in [0.29, 0.717) is 21.9 Å². The molecule has 2 rings (SSSR count). The second-order valence-corrected chi connectivity index (χ2v) is 4.02. The lowest BCUT2D eigenvalue weighted by molar-refractivity contribution is 0.459. The zero-order valence-electron chi connectivity index (χ0n) is 8.95. The molecule has 0 spiro atoms. The minimum Gasteiger partial charge on any atom is -0.439 e. The van der Waals surface area contributed by atoms with Gasteiger partial charge in [-0.3, -0.25) is 0 Å². The Bertz CT molecular complexity index is 536. The maximum Gasteiger partial charge on any atom is 0.224 e. The van der Waals surface area contributed by atoms with Gasteiger partial charge in [-0.1, -0.05) is 0 Å². The summed E-state index contributed by atoms with van der Waals surface area (Å²) < 4.78 is 18.8. The molecule has 0 aliphatic heterocycles. The molecule has 0 aliphatic rings. The molecule has 17 heavy (non-hydrogen) atoms. The van der Waals surface area contributed by atoms with E-state index in [1.165, 1.54) is 24.5 Å². The van der Waals surface area contributed by atoms with Crippen LogP contribution in [0.3, 0.4) is 0 Å². The first-order chi connectivity index (χ1) is 8.19. The molecule has 0 fully saturated rings. The summed E-state index contributed by atoms with van der Waals surface area (Å²) in [6.45, 7) is 0. The summed E-state index contributed by atoms with van der Waals surface area (Å²) in [5, 5.41) is 2.87. The summed E-state index contributed by atoms with van der Waals surface area (Å²) in [4.78, 5) is 7.91. The highest BCUT2D eigenvalue weighted by atomic mass is 79.9. The van der Waals surface area contributed by atoms with Gasteiger partial charge in [0.05, 0.1) is 4.47 Å². The molecule has 1 aromatic carbocycles. The highest BCUT2D eigenvalue weighted by Gasteiger charge is 2.04. The molecule has 1 aromatic heterocycles. The maximum absolute atomic E-state index is 13.0. The molecule has 0 bridgehead atoms. The number of hydrogen-bond donors (Lipinski definition) is 1. The van der Waals surface area contributed by atoms with E-state index in [9.17, 15) is 4.39 Å². The number of rotatable bonds is 3. The fourth-order valence-electron chi connectivity index (χ4n) is 1.19. The van der Waals surface area contributed by atoms with Crippen LogP contribution in [-0.4, -0.2) is 17.0 Å². The van der Waals surface area contributed by atoms with Gasteiger partial charge in [0.2, 0.25) is 5.88 Å². The minimum atomic E-state index is -0.337. The third-order valence-electron chi connectivity index (χ3n) is 2.01. The molecule has 0 aliphatic carbocycles. The third kappa shape index (κ3) is 2.91. The van der Waals surface area contributed by atoms with Crippen molar-refractivity contribution in [3.8, 4) is 11.6 Å². The van der Waals surface area contributed by atoms with Crippen LogP contribution in [0.5, 0.6) is 11.6 Å². The van der Waals surface area contributed by atoms with Crippen LogP contribution in [-0.2, 0) is 0 Å². The highest BCUT2D eigenvalue weighted by molar-refractivity contribution is 9.10. The lowest BCUT2D eigenvalue weighted by Gasteiger charge is -2.06. The van der Waals surface area contributed by atoms with Crippen LogP contribution < -0.4 is 10.1 Å². The normalized spacial score (nSPS) is 10.1. The van der Waals surface area contributed by atoms with Gasteiger partial charge in [-0.25, -0.2) is 14.4 Å². The van der Waals surface area contributed by atoms with Crippen molar-refractivity contribution >= 4 is 21.7 Å². The first kappa shape index (κ1) is 11.8. The molecule has 2 aromatic rings. The van der Waals surface area contributed by atoms with Gasteiger partial charge in [0, 0.05) is 13.1 Å². The van der Waals surface area contributed by atoms with Crippen molar-refractivity contribution < 1.29 is 9.13 Å². The van der Waals surface area contributed by atoms with Gasteiger partial charge in [0.25, 0.3) is 0 Å². The molecule has 88 valence electrons. The number of nitrogens with one attached hydrogen (secondary N) is 1. The van der Waals surface area contributed by atoms with Crippen LogP contribution in [0.4, 0.5) is 10.2 Å². The Morgan fingerprint density at radius 3 is 2.82 bits per heavy atom. The van der Waals surface area contributed by atoms with Crippen LogP contribution in [0.15, 0.2) is 35.1 Å². The average Bonchev–Trinajstić information content (AvgIpc) is 2.34. The van der Waals surface area contributed by atoms with E-state index in [1.807, 2.05) is 0 Å². The van der Waals surface area contributed by atoms with Crippen molar-refractivity contribution in [2.45, 2.75) is 0 Å². The third-order valence-corrected chi connectivity index (χ3v) is 2.62. The van der Waals surface area contributed by atoms with Crippen LogP contribution >= 0.6 is 15.9 Å². The first-order valence-electron chi connectivity index (χ1n) is 4.82. The molecule has 0 amide bonds. The van der Waals surface area contributed by atoms with Crippen LogP contribution in [0.25, 0.3) is 0 Å². The smallest absolute Gasteiger partial charge is 0.224 e. The van der Waals surface area contributed by atoms with Gasteiger partial charge in [-0.15, -0.1) is 0 Å². The number of nitrogens with zero attached hydrogens (tertiary/aromatic N) is 2. The van der Waals surface area contributed by atoms with Crippen LogP contribution in [0.1, 0.15) is 0 Å².